The molecule has 0 unspecified atom stereocenters. The highest BCUT2D eigenvalue weighted by molar-refractivity contribution is 7.71. The molecule has 0 aromatic carbocycles. The molecule has 1 saturated heterocycles. The van der Waals surface area contributed by atoms with Gasteiger partial charge in [-0.2, -0.15) is 0 Å². The standard InChI is InChI=1S/C12H16N2O7S/c1-5(16)20-4-6-2-14(12(22)13-10(6)19)11-9(18)8(17)7(3-15)21-11/h2,7-9,11,15,17-18H,3-4H2,1H3,(H,13,19,22)/t7-,8-,9-,11-/m1/s1. The second-order valence-corrected chi connectivity index (χ2v) is 5.22. The molecule has 4 N–H and O–H groups in total. The Morgan fingerprint density at radius 2 is 2.18 bits per heavy atom. The molecule has 1 aromatic heterocycles. The summed E-state index contributed by atoms with van der Waals surface area (Å²) in [5.74, 6) is -0.554. The first-order valence-corrected chi connectivity index (χ1v) is 6.86. The van der Waals surface area contributed by atoms with Gasteiger partial charge in [-0.3, -0.25) is 19.1 Å². The van der Waals surface area contributed by atoms with Gasteiger partial charge >= 0.3 is 5.97 Å². The van der Waals surface area contributed by atoms with E-state index < -0.39 is 42.7 Å². The molecule has 122 valence electrons. The largest absolute Gasteiger partial charge is 0.461 e. The van der Waals surface area contributed by atoms with Crippen LogP contribution >= 0.6 is 12.2 Å². The van der Waals surface area contributed by atoms with Crippen LogP contribution in [0.15, 0.2) is 11.0 Å². The number of nitrogens with one attached hydrogen (secondary N) is 1. The zero-order valence-electron chi connectivity index (χ0n) is 11.6. The molecular formula is C12H16N2O7S. The van der Waals surface area contributed by atoms with E-state index in [2.05, 4.69) is 4.98 Å². The van der Waals surface area contributed by atoms with E-state index in [-0.39, 0.29) is 16.9 Å². The van der Waals surface area contributed by atoms with Crippen molar-refractivity contribution < 1.29 is 29.6 Å². The highest BCUT2D eigenvalue weighted by atomic mass is 32.1. The van der Waals surface area contributed by atoms with Gasteiger partial charge in [-0.15, -0.1) is 0 Å². The predicted octanol–water partition coefficient (Wildman–Crippen LogP) is -1.42. The minimum atomic E-state index is -1.34. The van der Waals surface area contributed by atoms with Gasteiger partial charge in [0.05, 0.1) is 12.2 Å². The molecule has 0 amide bonds. The van der Waals surface area contributed by atoms with Gasteiger partial charge in [0, 0.05) is 13.1 Å². The first-order valence-electron chi connectivity index (χ1n) is 6.45. The minimum absolute atomic E-state index is 0.0357. The fraction of sp³-hybridized carbons (Fsp3) is 0.583. The van der Waals surface area contributed by atoms with E-state index in [9.17, 15) is 19.8 Å². The summed E-state index contributed by atoms with van der Waals surface area (Å²) in [5.41, 5.74) is -0.434. The molecule has 1 aliphatic heterocycles. The molecule has 2 heterocycles. The van der Waals surface area contributed by atoms with Crippen LogP contribution in [0.25, 0.3) is 0 Å². The van der Waals surface area contributed by atoms with Gasteiger partial charge in [-0.1, -0.05) is 0 Å². The number of aromatic nitrogens is 2. The van der Waals surface area contributed by atoms with Crippen molar-refractivity contribution in [3.8, 4) is 0 Å². The number of aliphatic hydroxyl groups excluding tert-OH is 3. The molecule has 2 rings (SSSR count). The molecule has 0 aliphatic carbocycles. The lowest BCUT2D eigenvalue weighted by molar-refractivity contribution is -0.142. The third kappa shape index (κ3) is 3.25. The summed E-state index contributed by atoms with van der Waals surface area (Å²) in [6.45, 7) is 0.455. The molecule has 0 radical (unpaired) electrons. The monoisotopic (exact) mass is 332 g/mol. The van der Waals surface area contributed by atoms with Gasteiger partial charge in [-0.05, 0) is 12.2 Å². The number of hydrogen-bond acceptors (Lipinski definition) is 8. The number of hydrogen-bond donors (Lipinski definition) is 4. The Labute approximate surface area is 129 Å². The van der Waals surface area contributed by atoms with Crippen LogP contribution in [0.5, 0.6) is 0 Å². The van der Waals surface area contributed by atoms with Crippen molar-refractivity contribution in [3.63, 3.8) is 0 Å². The summed E-state index contributed by atoms with van der Waals surface area (Å²) in [7, 11) is 0. The molecule has 10 heteroatoms. The number of aromatic amines is 1. The first kappa shape index (κ1) is 16.8. The van der Waals surface area contributed by atoms with Crippen molar-refractivity contribution >= 4 is 18.2 Å². The predicted molar refractivity (Wildman–Crippen MR) is 74.4 cm³/mol. The summed E-state index contributed by atoms with van der Waals surface area (Å²) in [5, 5.41) is 28.8. The molecule has 0 saturated carbocycles. The van der Waals surface area contributed by atoms with Crippen LogP contribution in [-0.4, -0.2) is 55.8 Å². The molecule has 0 bridgehead atoms. The van der Waals surface area contributed by atoms with Gasteiger partial charge in [-0.25, -0.2) is 0 Å². The van der Waals surface area contributed by atoms with Crippen LogP contribution in [0.4, 0.5) is 0 Å². The van der Waals surface area contributed by atoms with E-state index in [1.165, 1.54) is 17.7 Å². The highest BCUT2D eigenvalue weighted by Gasteiger charge is 2.43. The van der Waals surface area contributed by atoms with Crippen LogP contribution in [0, 0.1) is 4.77 Å². The lowest BCUT2D eigenvalue weighted by atomic mass is 10.1. The third-order valence-electron chi connectivity index (χ3n) is 3.26. The number of rotatable bonds is 4. The fourth-order valence-electron chi connectivity index (χ4n) is 2.11. The van der Waals surface area contributed by atoms with E-state index in [4.69, 9.17) is 26.8 Å². The van der Waals surface area contributed by atoms with Crippen molar-refractivity contribution in [1.82, 2.24) is 9.55 Å². The molecule has 1 fully saturated rings. The summed E-state index contributed by atoms with van der Waals surface area (Å²) in [6.07, 6.45) is -3.39. The fourth-order valence-corrected chi connectivity index (χ4v) is 2.36. The first-order chi connectivity index (χ1) is 10.3. The maximum Gasteiger partial charge on any atom is 0.302 e. The summed E-state index contributed by atoms with van der Waals surface area (Å²) >= 11 is 5.00. The number of carbonyl (C=O) groups is 1. The normalized spacial score (nSPS) is 27.8. The van der Waals surface area contributed by atoms with Gasteiger partial charge in [0.2, 0.25) is 0 Å². The van der Waals surface area contributed by atoms with Gasteiger partial charge in [0.1, 0.15) is 24.9 Å². The Balaban J connectivity index is 2.35. The third-order valence-corrected chi connectivity index (χ3v) is 3.58. The number of aliphatic hydroxyl groups is 3. The van der Waals surface area contributed by atoms with Crippen molar-refractivity contribution in [3.05, 3.63) is 26.9 Å². The number of carbonyl (C=O) groups excluding carboxylic acids is 1. The summed E-state index contributed by atoms with van der Waals surface area (Å²) in [6, 6.07) is 0. The highest BCUT2D eigenvalue weighted by Crippen LogP contribution is 2.29. The SMILES string of the molecule is CC(=O)OCc1cn([C@@H]2O[C@H](CO)[C@@H](O)[C@H]2O)c(=S)[nH]c1=O. The topological polar surface area (TPSA) is 134 Å². The van der Waals surface area contributed by atoms with E-state index in [0.29, 0.717) is 0 Å². The maximum atomic E-state index is 11.8. The van der Waals surface area contributed by atoms with Crippen molar-refractivity contribution in [2.24, 2.45) is 0 Å². The number of ether oxygens (including phenoxy) is 2. The van der Waals surface area contributed by atoms with E-state index >= 15 is 0 Å². The zero-order valence-corrected chi connectivity index (χ0v) is 12.4. The smallest absolute Gasteiger partial charge is 0.302 e. The average molecular weight is 332 g/mol. The lowest BCUT2D eigenvalue weighted by Gasteiger charge is -2.19. The summed E-state index contributed by atoms with van der Waals surface area (Å²) < 4.78 is 11.3. The zero-order chi connectivity index (χ0) is 16.4. The average Bonchev–Trinajstić information content (AvgIpc) is 2.74. The Morgan fingerprint density at radius 1 is 1.50 bits per heavy atom. The minimum Gasteiger partial charge on any atom is -0.461 e. The Kier molecular flexibility index (Phi) is 5.08. The lowest BCUT2D eigenvalue weighted by Crippen LogP contribution is -2.33. The molecule has 1 aliphatic rings. The second-order valence-electron chi connectivity index (χ2n) is 4.83. The van der Waals surface area contributed by atoms with Crippen molar-refractivity contribution in [2.75, 3.05) is 6.61 Å². The van der Waals surface area contributed by atoms with E-state index in [1.54, 1.807) is 0 Å². The molecule has 0 spiro atoms. The van der Waals surface area contributed by atoms with Gasteiger partial charge in [0.25, 0.3) is 5.56 Å². The van der Waals surface area contributed by atoms with E-state index in [1.807, 2.05) is 0 Å². The quantitative estimate of drug-likeness (QED) is 0.390. The molecule has 4 atom stereocenters. The van der Waals surface area contributed by atoms with Gasteiger partial charge < -0.3 is 24.8 Å². The van der Waals surface area contributed by atoms with Crippen LogP contribution in [0.3, 0.4) is 0 Å². The summed E-state index contributed by atoms with van der Waals surface area (Å²) in [4.78, 5) is 25.0. The molecule has 1 aromatic rings. The van der Waals surface area contributed by atoms with Crippen LogP contribution < -0.4 is 5.56 Å². The number of nitrogens with zero attached hydrogens (tertiary/aromatic N) is 1. The van der Waals surface area contributed by atoms with E-state index in [0.717, 1.165) is 0 Å². The number of H-pyrrole nitrogens is 1. The van der Waals surface area contributed by atoms with Crippen LogP contribution in [0.1, 0.15) is 18.7 Å². The second kappa shape index (κ2) is 6.67. The maximum absolute atomic E-state index is 11.8. The van der Waals surface area contributed by atoms with Crippen molar-refractivity contribution in [2.45, 2.75) is 38.1 Å². The number of esters is 1. The van der Waals surface area contributed by atoms with Crippen LogP contribution in [0.2, 0.25) is 0 Å². The van der Waals surface area contributed by atoms with Crippen molar-refractivity contribution in [1.29, 1.82) is 0 Å². The molecule has 22 heavy (non-hydrogen) atoms. The van der Waals surface area contributed by atoms with Gasteiger partial charge in [0.15, 0.2) is 11.0 Å². The molecule has 9 nitrogen and oxygen atoms in total. The molecular weight excluding hydrogens is 316 g/mol. The Hall–Kier alpha value is -1.59. The van der Waals surface area contributed by atoms with Crippen LogP contribution in [-0.2, 0) is 20.9 Å². The Morgan fingerprint density at radius 3 is 2.73 bits per heavy atom. The Bertz CT molecular complexity index is 670.